The third-order valence-electron chi connectivity index (χ3n) is 3.61. The lowest BCUT2D eigenvalue weighted by atomic mass is 9.75. The number of rotatable bonds is 2. The summed E-state index contributed by atoms with van der Waals surface area (Å²) in [7, 11) is 0. The smallest absolute Gasteiger partial charge is 0.156 e. The highest BCUT2D eigenvalue weighted by molar-refractivity contribution is 9.10. The number of Topliss-reactive ketones (excluding diaryl/α,β-unsaturated/α-hetero) is 1. The molecule has 88 valence electrons. The molecule has 0 aromatic rings. The van der Waals surface area contributed by atoms with Crippen LogP contribution in [0.1, 0.15) is 40.0 Å². The molecule has 2 aliphatic carbocycles. The fourth-order valence-electron chi connectivity index (χ4n) is 2.67. The van der Waals surface area contributed by atoms with Gasteiger partial charge in [-0.2, -0.15) is 0 Å². The second-order valence-corrected chi connectivity index (χ2v) is 7.29. The molecule has 0 aliphatic heterocycles. The van der Waals surface area contributed by atoms with Gasteiger partial charge in [0.05, 0.1) is 4.32 Å². The van der Waals surface area contributed by atoms with Gasteiger partial charge >= 0.3 is 0 Å². The van der Waals surface area contributed by atoms with Crippen LogP contribution in [0, 0.1) is 11.3 Å². The number of halogens is 1. The highest BCUT2D eigenvalue weighted by Gasteiger charge is 2.58. The molecule has 2 aliphatic rings. The van der Waals surface area contributed by atoms with Gasteiger partial charge in [0.25, 0.3) is 0 Å². The van der Waals surface area contributed by atoms with Gasteiger partial charge in [-0.05, 0) is 31.3 Å². The Morgan fingerprint density at radius 3 is 2.50 bits per heavy atom. The van der Waals surface area contributed by atoms with Crippen LogP contribution in [-0.4, -0.2) is 15.9 Å². The minimum atomic E-state index is -0.369. The predicted octanol–water partition coefficient (Wildman–Crippen LogP) is 3.04. The van der Waals surface area contributed by atoms with Crippen molar-refractivity contribution in [1.82, 2.24) is 0 Å². The van der Waals surface area contributed by atoms with E-state index >= 15 is 0 Å². The summed E-state index contributed by atoms with van der Waals surface area (Å²) in [6.07, 6.45) is 4.17. The van der Waals surface area contributed by atoms with E-state index in [1.165, 1.54) is 0 Å². The number of allylic oxidation sites excluding steroid dienone is 2. The molecule has 2 rings (SSSR count). The SMILES string of the molecule is CC(=O)[C@]1(Br)C[C@H]1C1=CC(=O)CC(C)(C)C1. The first-order chi connectivity index (χ1) is 7.24. The molecular formula is C13H17BrO2. The highest BCUT2D eigenvalue weighted by Crippen LogP contribution is 2.58. The molecule has 0 saturated heterocycles. The molecule has 0 heterocycles. The van der Waals surface area contributed by atoms with E-state index in [0.717, 1.165) is 18.4 Å². The quantitative estimate of drug-likeness (QED) is 0.731. The summed E-state index contributed by atoms with van der Waals surface area (Å²) in [6, 6.07) is 0. The minimum Gasteiger partial charge on any atom is -0.298 e. The average molecular weight is 285 g/mol. The first-order valence-electron chi connectivity index (χ1n) is 5.68. The molecule has 0 aromatic carbocycles. The highest BCUT2D eigenvalue weighted by atomic mass is 79.9. The Balaban J connectivity index is 2.19. The fraction of sp³-hybridized carbons (Fsp3) is 0.692. The maximum atomic E-state index is 11.6. The van der Waals surface area contributed by atoms with Gasteiger partial charge in [-0.25, -0.2) is 0 Å². The molecule has 1 fully saturated rings. The molecule has 2 atom stereocenters. The standard InChI is InChI=1S/C13H17BrO2/c1-8(15)13(14)7-11(13)9-4-10(16)6-12(2,3)5-9/h4,11H,5-7H2,1-3H3/t11-,13+/m0/s1. The van der Waals surface area contributed by atoms with Crippen molar-refractivity contribution in [2.45, 2.75) is 44.4 Å². The van der Waals surface area contributed by atoms with Gasteiger partial charge in [0.1, 0.15) is 5.78 Å². The zero-order valence-corrected chi connectivity index (χ0v) is 11.6. The summed E-state index contributed by atoms with van der Waals surface area (Å²) in [5.41, 5.74) is 1.21. The van der Waals surface area contributed by atoms with Gasteiger partial charge in [-0.15, -0.1) is 0 Å². The normalized spacial score (nSPS) is 36.9. The van der Waals surface area contributed by atoms with Crippen LogP contribution in [0.4, 0.5) is 0 Å². The second kappa shape index (κ2) is 3.52. The van der Waals surface area contributed by atoms with Crippen LogP contribution in [-0.2, 0) is 9.59 Å². The largest absolute Gasteiger partial charge is 0.298 e. The Morgan fingerprint density at radius 1 is 1.44 bits per heavy atom. The van der Waals surface area contributed by atoms with Gasteiger partial charge in [-0.3, -0.25) is 9.59 Å². The summed E-state index contributed by atoms with van der Waals surface area (Å²) in [5, 5.41) is 0. The van der Waals surface area contributed by atoms with Gasteiger partial charge < -0.3 is 0 Å². The lowest BCUT2D eigenvalue weighted by molar-refractivity contribution is -0.118. The number of hydrogen-bond acceptors (Lipinski definition) is 2. The van der Waals surface area contributed by atoms with E-state index in [1.54, 1.807) is 13.0 Å². The van der Waals surface area contributed by atoms with Crippen molar-refractivity contribution in [3.63, 3.8) is 0 Å². The van der Waals surface area contributed by atoms with Gasteiger partial charge in [0.2, 0.25) is 0 Å². The topological polar surface area (TPSA) is 34.1 Å². The Morgan fingerprint density at radius 2 is 2.06 bits per heavy atom. The van der Waals surface area contributed by atoms with E-state index in [4.69, 9.17) is 0 Å². The zero-order chi connectivity index (χ0) is 12.1. The molecule has 0 bridgehead atoms. The van der Waals surface area contributed by atoms with E-state index in [-0.39, 0.29) is 27.2 Å². The number of hydrogen-bond donors (Lipinski definition) is 0. The monoisotopic (exact) mass is 284 g/mol. The molecule has 2 nitrogen and oxygen atoms in total. The first-order valence-corrected chi connectivity index (χ1v) is 6.47. The van der Waals surface area contributed by atoms with E-state index < -0.39 is 0 Å². The van der Waals surface area contributed by atoms with Crippen LogP contribution in [0.2, 0.25) is 0 Å². The van der Waals surface area contributed by atoms with Crippen LogP contribution in [0.3, 0.4) is 0 Å². The molecule has 0 aromatic heterocycles. The zero-order valence-electron chi connectivity index (χ0n) is 9.97. The third kappa shape index (κ3) is 2.02. The van der Waals surface area contributed by atoms with Gasteiger partial charge in [0, 0.05) is 12.3 Å². The summed E-state index contributed by atoms with van der Waals surface area (Å²) < 4.78 is -0.369. The molecule has 3 heteroatoms. The summed E-state index contributed by atoms with van der Waals surface area (Å²) in [4.78, 5) is 23.1. The maximum absolute atomic E-state index is 11.6. The van der Waals surface area contributed by atoms with Crippen LogP contribution in [0.25, 0.3) is 0 Å². The molecule has 0 radical (unpaired) electrons. The molecule has 0 unspecified atom stereocenters. The van der Waals surface area contributed by atoms with Crippen molar-refractivity contribution in [2.24, 2.45) is 11.3 Å². The summed E-state index contributed by atoms with van der Waals surface area (Å²) in [5.74, 6) is 0.624. The lowest BCUT2D eigenvalue weighted by Crippen LogP contribution is -2.24. The van der Waals surface area contributed by atoms with E-state index in [0.29, 0.717) is 6.42 Å². The van der Waals surface area contributed by atoms with E-state index in [9.17, 15) is 9.59 Å². The van der Waals surface area contributed by atoms with E-state index in [1.807, 2.05) is 0 Å². The Bertz CT molecular complexity index is 395. The van der Waals surface area contributed by atoms with Crippen molar-refractivity contribution in [3.8, 4) is 0 Å². The van der Waals surface area contributed by atoms with E-state index in [2.05, 4.69) is 29.8 Å². The molecular weight excluding hydrogens is 268 g/mol. The van der Waals surface area contributed by atoms with Gasteiger partial charge in [0.15, 0.2) is 5.78 Å². The number of carbonyl (C=O) groups excluding carboxylic acids is 2. The van der Waals surface area contributed by atoms with Crippen molar-refractivity contribution in [2.75, 3.05) is 0 Å². The average Bonchev–Trinajstić information content (AvgIpc) is 2.75. The third-order valence-corrected chi connectivity index (χ3v) is 5.04. The van der Waals surface area contributed by atoms with Crippen LogP contribution < -0.4 is 0 Å². The summed E-state index contributed by atoms with van der Waals surface area (Å²) in [6.45, 7) is 5.85. The molecule has 1 saturated carbocycles. The number of alkyl halides is 1. The Labute approximate surface area is 105 Å². The van der Waals surface area contributed by atoms with Crippen LogP contribution in [0.5, 0.6) is 0 Å². The Kier molecular flexibility index (Phi) is 2.65. The fourth-order valence-corrected chi connectivity index (χ4v) is 3.29. The van der Waals surface area contributed by atoms with Crippen LogP contribution in [0.15, 0.2) is 11.6 Å². The Hall–Kier alpha value is -0.440. The van der Waals surface area contributed by atoms with Gasteiger partial charge in [-0.1, -0.05) is 35.4 Å². The van der Waals surface area contributed by atoms with Crippen molar-refractivity contribution in [3.05, 3.63) is 11.6 Å². The predicted molar refractivity (Wildman–Crippen MR) is 66.6 cm³/mol. The number of carbonyl (C=O) groups is 2. The second-order valence-electron chi connectivity index (χ2n) is 5.88. The van der Waals surface area contributed by atoms with Crippen molar-refractivity contribution in [1.29, 1.82) is 0 Å². The maximum Gasteiger partial charge on any atom is 0.156 e. The van der Waals surface area contributed by atoms with Crippen molar-refractivity contribution >= 4 is 27.5 Å². The first kappa shape index (κ1) is 12.0. The molecule has 0 spiro atoms. The molecule has 0 amide bonds. The molecule has 16 heavy (non-hydrogen) atoms. The lowest BCUT2D eigenvalue weighted by Gasteiger charge is -2.29. The molecule has 0 N–H and O–H groups in total. The minimum absolute atomic E-state index is 0.0501. The number of ketones is 2. The summed E-state index contributed by atoms with van der Waals surface area (Å²) >= 11 is 3.51. The van der Waals surface area contributed by atoms with Crippen molar-refractivity contribution < 1.29 is 9.59 Å². The van der Waals surface area contributed by atoms with Crippen LogP contribution >= 0.6 is 15.9 Å².